The predicted octanol–water partition coefficient (Wildman–Crippen LogP) is 17.2. The first kappa shape index (κ1) is 49.0. The van der Waals surface area contributed by atoms with Gasteiger partial charge in [0, 0.05) is 54.2 Å². The SMILES string of the molecule is N#Cc1ccc2c(c1)c1ccccc1n2-c1c(C#N)c(-n2c3ccccc3c3cc(C#N)ccc32)c(-n2c3ccccc3c3cc(C#N)ccc32)c(-n2c3ccccc3c3cc(C#N)ccc32)c1-c1nc(-c2ccccc2)cc(-c2ccccc2)n1. The third-order valence-electron chi connectivity index (χ3n) is 16.7. The standard InChI is InChI=1S/C75H39N11/c76-40-45-27-31-66-55(35-45)51-19-7-11-23-62(51)83(66)71-59(44-80)72(84-63-24-12-8-20-52(63)56-36-46(41-77)28-32-67(56)84)74(86-65-26-14-10-22-54(65)58-38-48(43-79)30-34-69(58)86)73(85-64-25-13-9-21-53(64)57-37-47(42-78)29-33-68(57)85)70(71)75-81-60(49-15-3-1-4-16-49)39-61(82-75)50-17-5-2-6-18-50/h1-39H. The van der Waals surface area contributed by atoms with E-state index in [1.165, 1.54) is 0 Å². The van der Waals surface area contributed by atoms with Crippen molar-refractivity contribution in [2.75, 3.05) is 0 Å². The van der Waals surface area contributed by atoms with Crippen molar-refractivity contribution >= 4 is 87.2 Å². The molecule has 16 rings (SSSR count). The van der Waals surface area contributed by atoms with Crippen LogP contribution < -0.4 is 0 Å². The fourth-order valence-corrected chi connectivity index (χ4v) is 13.1. The fraction of sp³-hybridized carbons (Fsp3) is 0. The molecule has 0 atom stereocenters. The van der Waals surface area contributed by atoms with Gasteiger partial charge in [-0.3, -0.25) is 0 Å². The summed E-state index contributed by atoms with van der Waals surface area (Å²) in [6, 6.07) is 89.9. The minimum Gasteiger partial charge on any atom is -0.307 e. The average Bonchev–Trinajstić information content (AvgIpc) is 1.45. The Labute approximate surface area is 490 Å². The summed E-state index contributed by atoms with van der Waals surface area (Å²) < 4.78 is 8.79. The third-order valence-corrected chi connectivity index (χ3v) is 16.7. The van der Waals surface area contributed by atoms with Gasteiger partial charge in [0.25, 0.3) is 0 Å². The lowest BCUT2D eigenvalue weighted by molar-refractivity contribution is 1.02. The van der Waals surface area contributed by atoms with Crippen LogP contribution >= 0.6 is 0 Å². The van der Waals surface area contributed by atoms with E-state index in [0.717, 1.165) is 98.4 Å². The highest BCUT2D eigenvalue weighted by Gasteiger charge is 2.36. The van der Waals surface area contributed by atoms with Gasteiger partial charge in [-0.2, -0.15) is 26.3 Å². The van der Waals surface area contributed by atoms with Gasteiger partial charge in [0.05, 0.1) is 130 Å². The lowest BCUT2D eigenvalue weighted by atomic mass is 9.96. The molecule has 0 saturated heterocycles. The first-order valence-electron chi connectivity index (χ1n) is 27.9. The molecule has 0 aliphatic heterocycles. The minimum absolute atomic E-state index is 0.250. The molecule has 0 fully saturated rings. The van der Waals surface area contributed by atoms with Gasteiger partial charge in [-0.05, 0) is 103 Å². The number of hydrogen-bond donors (Lipinski definition) is 0. The van der Waals surface area contributed by atoms with Gasteiger partial charge in [0.1, 0.15) is 11.6 Å². The Bertz CT molecular complexity index is 5780. The predicted molar refractivity (Wildman–Crippen MR) is 339 cm³/mol. The first-order chi connectivity index (χ1) is 42.5. The number of hydrogen-bond acceptors (Lipinski definition) is 7. The van der Waals surface area contributed by atoms with E-state index < -0.39 is 0 Å². The highest BCUT2D eigenvalue weighted by atomic mass is 15.1. The topological polar surface area (TPSA) is 164 Å². The monoisotopic (exact) mass is 1090 g/mol. The quantitative estimate of drug-likeness (QED) is 0.153. The second kappa shape index (κ2) is 19.1. The van der Waals surface area contributed by atoms with E-state index in [2.05, 4.69) is 85.0 Å². The summed E-state index contributed by atoms with van der Waals surface area (Å²) in [5, 5.41) is 62.0. The Balaban J connectivity index is 1.28. The van der Waals surface area contributed by atoms with Gasteiger partial charge in [-0.1, -0.05) is 133 Å². The number of nitriles is 5. The maximum atomic E-state index is 13.0. The van der Waals surface area contributed by atoms with Crippen molar-refractivity contribution in [1.29, 1.82) is 26.3 Å². The summed E-state index contributed by atoms with van der Waals surface area (Å²) in [7, 11) is 0. The Morgan fingerprint density at radius 3 is 0.907 bits per heavy atom. The molecule has 0 amide bonds. The lowest BCUT2D eigenvalue weighted by Crippen LogP contribution is -2.17. The largest absolute Gasteiger partial charge is 0.307 e. The van der Waals surface area contributed by atoms with Gasteiger partial charge >= 0.3 is 0 Å². The van der Waals surface area contributed by atoms with Crippen LogP contribution in [0.2, 0.25) is 0 Å². The number of benzene rings is 11. The molecule has 11 aromatic carbocycles. The first-order valence-corrected chi connectivity index (χ1v) is 27.9. The van der Waals surface area contributed by atoms with Crippen molar-refractivity contribution in [3.05, 3.63) is 264 Å². The Morgan fingerprint density at radius 2 is 0.558 bits per heavy atom. The molecule has 0 saturated carbocycles. The van der Waals surface area contributed by atoms with Crippen LogP contribution in [0, 0.1) is 56.7 Å². The maximum absolute atomic E-state index is 13.0. The average molecular weight is 1090 g/mol. The zero-order valence-electron chi connectivity index (χ0n) is 45.4. The molecule has 0 unspecified atom stereocenters. The molecule has 5 aromatic heterocycles. The van der Waals surface area contributed by atoms with Crippen LogP contribution in [0.3, 0.4) is 0 Å². The van der Waals surface area contributed by atoms with Gasteiger partial charge in [-0.25, -0.2) is 9.97 Å². The third kappa shape index (κ3) is 7.16. The molecule has 0 aliphatic carbocycles. The maximum Gasteiger partial charge on any atom is 0.164 e. The lowest BCUT2D eigenvalue weighted by Gasteiger charge is -2.29. The van der Waals surface area contributed by atoms with E-state index in [9.17, 15) is 26.3 Å². The van der Waals surface area contributed by atoms with Crippen LogP contribution in [0.5, 0.6) is 0 Å². The minimum atomic E-state index is 0.250. The smallest absolute Gasteiger partial charge is 0.164 e. The van der Waals surface area contributed by atoms with Crippen molar-refractivity contribution in [2.24, 2.45) is 0 Å². The summed E-state index contributed by atoms with van der Waals surface area (Å²) in [5.41, 5.74) is 13.7. The van der Waals surface area contributed by atoms with Crippen LogP contribution in [-0.2, 0) is 0 Å². The number of nitrogens with zero attached hydrogens (tertiary/aromatic N) is 11. The number of aromatic nitrogens is 6. The van der Waals surface area contributed by atoms with E-state index in [1.807, 2.05) is 200 Å². The zero-order chi connectivity index (χ0) is 57.7. The highest BCUT2D eigenvalue weighted by Crippen LogP contribution is 2.52. The van der Waals surface area contributed by atoms with Crippen LogP contribution in [0.1, 0.15) is 27.8 Å². The Kier molecular flexibility index (Phi) is 10.9. The van der Waals surface area contributed by atoms with Crippen molar-refractivity contribution in [3.63, 3.8) is 0 Å². The molecule has 0 bridgehead atoms. The van der Waals surface area contributed by atoms with Crippen LogP contribution in [0.4, 0.5) is 0 Å². The van der Waals surface area contributed by atoms with E-state index in [0.29, 0.717) is 67.8 Å². The molecule has 11 heteroatoms. The summed E-state index contributed by atoms with van der Waals surface area (Å²) in [6.45, 7) is 0. The Morgan fingerprint density at radius 1 is 0.256 bits per heavy atom. The van der Waals surface area contributed by atoms with Crippen molar-refractivity contribution in [2.45, 2.75) is 0 Å². The van der Waals surface area contributed by atoms with Crippen molar-refractivity contribution in [1.82, 2.24) is 28.2 Å². The van der Waals surface area contributed by atoms with Crippen molar-refractivity contribution in [3.8, 4) is 87.0 Å². The zero-order valence-corrected chi connectivity index (χ0v) is 45.4. The molecular formula is C75H39N11. The molecule has 11 nitrogen and oxygen atoms in total. The molecule has 16 aromatic rings. The number of rotatable bonds is 7. The Hall–Kier alpha value is -12.9. The summed E-state index contributed by atoms with van der Waals surface area (Å²) in [6.07, 6.45) is 0. The molecule has 0 aliphatic rings. The molecule has 0 N–H and O–H groups in total. The fourth-order valence-electron chi connectivity index (χ4n) is 13.1. The second-order valence-corrected chi connectivity index (χ2v) is 21.2. The normalized spacial score (nSPS) is 11.4. The van der Waals surface area contributed by atoms with Gasteiger partial charge < -0.3 is 18.3 Å². The molecular weight excluding hydrogens is 1050 g/mol. The molecule has 394 valence electrons. The molecule has 86 heavy (non-hydrogen) atoms. The van der Waals surface area contributed by atoms with E-state index in [4.69, 9.17) is 9.97 Å². The highest BCUT2D eigenvalue weighted by molar-refractivity contribution is 6.17. The van der Waals surface area contributed by atoms with E-state index >= 15 is 0 Å². The molecule has 5 heterocycles. The summed E-state index contributed by atoms with van der Waals surface area (Å²) in [4.78, 5) is 11.5. The van der Waals surface area contributed by atoms with Crippen LogP contribution in [-0.4, -0.2) is 28.2 Å². The molecule has 0 spiro atoms. The van der Waals surface area contributed by atoms with Gasteiger partial charge in [-0.15, -0.1) is 0 Å². The molecule has 0 radical (unpaired) electrons. The van der Waals surface area contributed by atoms with Gasteiger partial charge in [0.2, 0.25) is 0 Å². The van der Waals surface area contributed by atoms with Crippen LogP contribution in [0.25, 0.3) is 144 Å². The van der Waals surface area contributed by atoms with Crippen molar-refractivity contribution < 1.29 is 0 Å². The second-order valence-electron chi connectivity index (χ2n) is 21.2. The van der Waals surface area contributed by atoms with E-state index in [-0.39, 0.29) is 5.56 Å². The summed E-state index contributed by atoms with van der Waals surface area (Å²) in [5.74, 6) is 0.298. The number of fused-ring (bicyclic) bond motifs is 12. The van der Waals surface area contributed by atoms with Crippen LogP contribution in [0.15, 0.2) is 237 Å². The summed E-state index contributed by atoms with van der Waals surface area (Å²) >= 11 is 0. The van der Waals surface area contributed by atoms with E-state index in [1.54, 1.807) is 0 Å². The number of para-hydroxylation sites is 4. The van der Waals surface area contributed by atoms with Gasteiger partial charge in [0.15, 0.2) is 5.82 Å².